The molecular formula is C14H21NO. The van der Waals surface area contributed by atoms with Gasteiger partial charge in [0.1, 0.15) is 0 Å². The largest absolute Gasteiger partial charge is 0.377 e. The van der Waals surface area contributed by atoms with Crippen LogP contribution >= 0.6 is 0 Å². The quantitative estimate of drug-likeness (QED) is 0.826. The van der Waals surface area contributed by atoms with Crippen molar-refractivity contribution in [2.24, 2.45) is 11.7 Å². The third-order valence-electron chi connectivity index (χ3n) is 3.53. The molecule has 88 valence electrons. The third-order valence-corrected chi connectivity index (χ3v) is 3.53. The lowest BCUT2D eigenvalue weighted by molar-refractivity contribution is 0.0519. The molecule has 4 unspecified atom stereocenters. The summed E-state index contributed by atoms with van der Waals surface area (Å²) in [6.45, 7) is 4.84. The van der Waals surface area contributed by atoms with Gasteiger partial charge >= 0.3 is 0 Å². The predicted molar refractivity (Wildman–Crippen MR) is 66.4 cm³/mol. The highest BCUT2D eigenvalue weighted by atomic mass is 16.5. The lowest BCUT2D eigenvalue weighted by Crippen LogP contribution is -2.37. The summed E-state index contributed by atoms with van der Waals surface area (Å²) in [5.74, 6) is 1.25. The SMILES string of the molecule is CCOC(C)C(N)C1CC1c1ccccc1. The Bertz CT molecular complexity index is 325. The van der Waals surface area contributed by atoms with Crippen LogP contribution in [0.3, 0.4) is 0 Å². The van der Waals surface area contributed by atoms with Crippen LogP contribution in [0.1, 0.15) is 31.7 Å². The molecule has 0 saturated heterocycles. The summed E-state index contributed by atoms with van der Waals surface area (Å²) in [7, 11) is 0. The zero-order valence-corrected chi connectivity index (χ0v) is 10.1. The van der Waals surface area contributed by atoms with Gasteiger partial charge in [-0.1, -0.05) is 30.3 Å². The fraction of sp³-hybridized carbons (Fsp3) is 0.571. The van der Waals surface area contributed by atoms with Crippen molar-refractivity contribution in [1.29, 1.82) is 0 Å². The summed E-state index contributed by atoms with van der Waals surface area (Å²) < 4.78 is 5.56. The van der Waals surface area contributed by atoms with Crippen molar-refractivity contribution in [3.8, 4) is 0 Å². The summed E-state index contributed by atoms with van der Waals surface area (Å²) in [5.41, 5.74) is 7.63. The Hall–Kier alpha value is -0.860. The minimum Gasteiger partial charge on any atom is -0.377 e. The van der Waals surface area contributed by atoms with E-state index in [1.807, 2.05) is 6.92 Å². The van der Waals surface area contributed by atoms with Crippen molar-refractivity contribution in [3.05, 3.63) is 35.9 Å². The average molecular weight is 219 g/mol. The maximum Gasteiger partial charge on any atom is 0.0700 e. The maximum atomic E-state index is 6.21. The molecule has 0 heterocycles. The molecule has 0 amide bonds. The molecule has 2 N–H and O–H groups in total. The zero-order valence-electron chi connectivity index (χ0n) is 10.1. The van der Waals surface area contributed by atoms with Crippen molar-refractivity contribution in [3.63, 3.8) is 0 Å². The van der Waals surface area contributed by atoms with Crippen molar-refractivity contribution >= 4 is 0 Å². The van der Waals surface area contributed by atoms with Crippen molar-refractivity contribution in [2.75, 3.05) is 6.61 Å². The van der Waals surface area contributed by atoms with E-state index < -0.39 is 0 Å². The van der Waals surface area contributed by atoms with Gasteiger partial charge in [0.2, 0.25) is 0 Å². The molecule has 0 radical (unpaired) electrons. The van der Waals surface area contributed by atoms with E-state index in [1.165, 1.54) is 12.0 Å². The maximum absolute atomic E-state index is 6.21. The highest BCUT2D eigenvalue weighted by Gasteiger charge is 2.44. The summed E-state index contributed by atoms with van der Waals surface area (Å²) in [4.78, 5) is 0. The first kappa shape index (κ1) is 11.6. The van der Waals surface area contributed by atoms with Gasteiger partial charge in [0.05, 0.1) is 6.10 Å². The van der Waals surface area contributed by atoms with Crippen LogP contribution in [0.2, 0.25) is 0 Å². The molecule has 0 aliphatic heterocycles. The minimum absolute atomic E-state index is 0.170. The molecule has 0 aromatic heterocycles. The van der Waals surface area contributed by atoms with Crippen molar-refractivity contribution in [2.45, 2.75) is 38.3 Å². The Morgan fingerprint density at radius 2 is 2.06 bits per heavy atom. The standard InChI is InChI=1S/C14H21NO/c1-3-16-10(2)14(15)13-9-12(13)11-7-5-4-6-8-11/h4-8,10,12-14H,3,9,15H2,1-2H3. The highest BCUT2D eigenvalue weighted by molar-refractivity contribution is 5.26. The number of ether oxygens (including phenoxy) is 1. The molecule has 1 fully saturated rings. The van der Waals surface area contributed by atoms with Crippen LogP contribution in [0.25, 0.3) is 0 Å². The Morgan fingerprint density at radius 3 is 2.69 bits per heavy atom. The number of hydrogen-bond acceptors (Lipinski definition) is 2. The molecule has 2 heteroatoms. The summed E-state index contributed by atoms with van der Waals surface area (Å²) >= 11 is 0. The van der Waals surface area contributed by atoms with Crippen LogP contribution < -0.4 is 5.73 Å². The second kappa shape index (κ2) is 4.98. The normalized spacial score (nSPS) is 27.4. The highest BCUT2D eigenvalue weighted by Crippen LogP contribution is 2.49. The molecule has 1 aliphatic carbocycles. The lowest BCUT2D eigenvalue weighted by Gasteiger charge is -2.19. The van der Waals surface area contributed by atoms with E-state index in [-0.39, 0.29) is 12.1 Å². The molecule has 2 rings (SSSR count). The van der Waals surface area contributed by atoms with Gasteiger partial charge in [0.25, 0.3) is 0 Å². The first-order chi connectivity index (χ1) is 7.74. The van der Waals surface area contributed by atoms with Gasteiger partial charge in [0, 0.05) is 12.6 Å². The molecule has 1 saturated carbocycles. The molecule has 0 spiro atoms. The van der Waals surface area contributed by atoms with Gasteiger partial charge in [-0.05, 0) is 37.7 Å². The molecule has 0 bridgehead atoms. The number of rotatable bonds is 5. The average Bonchev–Trinajstić information content (AvgIpc) is 3.09. The van der Waals surface area contributed by atoms with Crippen molar-refractivity contribution in [1.82, 2.24) is 0 Å². The van der Waals surface area contributed by atoms with E-state index in [0.717, 1.165) is 6.61 Å². The van der Waals surface area contributed by atoms with E-state index in [1.54, 1.807) is 0 Å². The van der Waals surface area contributed by atoms with E-state index >= 15 is 0 Å². The van der Waals surface area contributed by atoms with Gasteiger partial charge in [-0.25, -0.2) is 0 Å². The summed E-state index contributed by atoms with van der Waals surface area (Å²) in [5, 5.41) is 0. The molecule has 1 aromatic rings. The fourth-order valence-electron chi connectivity index (χ4n) is 2.45. The van der Waals surface area contributed by atoms with Crippen LogP contribution in [-0.2, 0) is 4.74 Å². The molecule has 2 nitrogen and oxygen atoms in total. The van der Waals surface area contributed by atoms with E-state index in [4.69, 9.17) is 10.5 Å². The number of benzene rings is 1. The topological polar surface area (TPSA) is 35.2 Å². The van der Waals surface area contributed by atoms with E-state index in [9.17, 15) is 0 Å². The minimum atomic E-state index is 0.170. The smallest absolute Gasteiger partial charge is 0.0700 e. The van der Waals surface area contributed by atoms with Gasteiger partial charge in [-0.15, -0.1) is 0 Å². The molecular weight excluding hydrogens is 198 g/mol. The monoisotopic (exact) mass is 219 g/mol. The van der Waals surface area contributed by atoms with Crippen LogP contribution in [0, 0.1) is 5.92 Å². The zero-order chi connectivity index (χ0) is 11.5. The number of hydrogen-bond donors (Lipinski definition) is 1. The Kier molecular flexibility index (Phi) is 3.62. The Balaban J connectivity index is 1.91. The van der Waals surface area contributed by atoms with Crippen LogP contribution in [0.15, 0.2) is 30.3 Å². The van der Waals surface area contributed by atoms with Crippen LogP contribution in [0.5, 0.6) is 0 Å². The first-order valence-electron chi connectivity index (χ1n) is 6.16. The second-order valence-electron chi connectivity index (χ2n) is 4.65. The molecule has 1 aromatic carbocycles. The molecule has 4 atom stereocenters. The second-order valence-corrected chi connectivity index (χ2v) is 4.65. The van der Waals surface area contributed by atoms with Crippen LogP contribution in [-0.4, -0.2) is 18.8 Å². The van der Waals surface area contributed by atoms with Gasteiger partial charge in [-0.3, -0.25) is 0 Å². The van der Waals surface area contributed by atoms with Gasteiger partial charge < -0.3 is 10.5 Å². The lowest BCUT2D eigenvalue weighted by atomic mass is 10.0. The molecule has 1 aliphatic rings. The van der Waals surface area contributed by atoms with Crippen LogP contribution in [0.4, 0.5) is 0 Å². The third kappa shape index (κ3) is 2.45. The first-order valence-corrected chi connectivity index (χ1v) is 6.16. The van der Waals surface area contributed by atoms with E-state index in [2.05, 4.69) is 37.3 Å². The Morgan fingerprint density at radius 1 is 1.38 bits per heavy atom. The van der Waals surface area contributed by atoms with Gasteiger partial charge in [-0.2, -0.15) is 0 Å². The van der Waals surface area contributed by atoms with Crippen molar-refractivity contribution < 1.29 is 4.74 Å². The summed E-state index contributed by atoms with van der Waals surface area (Å²) in [6.07, 6.45) is 1.38. The summed E-state index contributed by atoms with van der Waals surface area (Å²) in [6, 6.07) is 10.8. The Labute approximate surface area is 97.8 Å². The van der Waals surface area contributed by atoms with E-state index in [0.29, 0.717) is 11.8 Å². The molecule has 16 heavy (non-hydrogen) atoms. The number of nitrogens with two attached hydrogens (primary N) is 1. The van der Waals surface area contributed by atoms with Gasteiger partial charge in [0.15, 0.2) is 0 Å². The predicted octanol–water partition coefficient (Wildman–Crippen LogP) is 2.54. The fourth-order valence-corrected chi connectivity index (χ4v) is 2.45.